The fraction of sp³-hybridized carbons (Fsp3) is 1.00. The minimum absolute atomic E-state index is 0.588. The van der Waals surface area contributed by atoms with Gasteiger partial charge in [0.25, 0.3) is 0 Å². The summed E-state index contributed by atoms with van der Waals surface area (Å²) in [6.45, 7) is 10.6. The number of hydrogen-bond acceptors (Lipinski definition) is 1. The lowest BCUT2D eigenvalue weighted by Gasteiger charge is -2.38. The summed E-state index contributed by atoms with van der Waals surface area (Å²) in [6.07, 6.45) is 6.94. The van der Waals surface area contributed by atoms with Crippen molar-refractivity contribution in [1.82, 2.24) is 5.32 Å². The van der Waals surface area contributed by atoms with Gasteiger partial charge in [0, 0.05) is 6.04 Å². The largest absolute Gasteiger partial charge is 0.314 e. The summed E-state index contributed by atoms with van der Waals surface area (Å²) in [7, 11) is 0. The van der Waals surface area contributed by atoms with Crippen molar-refractivity contribution >= 4 is 0 Å². The van der Waals surface area contributed by atoms with Gasteiger partial charge in [0.2, 0.25) is 0 Å². The van der Waals surface area contributed by atoms with Crippen LogP contribution in [0.4, 0.5) is 0 Å². The second-order valence-corrected chi connectivity index (χ2v) is 5.76. The van der Waals surface area contributed by atoms with Crippen LogP contribution in [0.1, 0.15) is 59.8 Å². The summed E-state index contributed by atoms with van der Waals surface area (Å²) in [5.74, 6) is 0.908. The molecule has 1 heteroatoms. The van der Waals surface area contributed by atoms with E-state index >= 15 is 0 Å². The summed E-state index contributed by atoms with van der Waals surface area (Å²) in [5, 5.41) is 3.64. The van der Waals surface area contributed by atoms with Crippen molar-refractivity contribution in [3.8, 4) is 0 Å². The van der Waals surface area contributed by atoms with Crippen LogP contribution in [0.5, 0.6) is 0 Å². The topological polar surface area (TPSA) is 12.0 Å². The Morgan fingerprint density at radius 1 is 1.43 bits per heavy atom. The lowest BCUT2D eigenvalue weighted by molar-refractivity contribution is 0.153. The van der Waals surface area contributed by atoms with Crippen molar-refractivity contribution < 1.29 is 0 Å². The molecule has 0 bridgehead atoms. The van der Waals surface area contributed by atoms with Crippen LogP contribution in [0.15, 0.2) is 0 Å². The van der Waals surface area contributed by atoms with Crippen LogP contribution in [0, 0.1) is 11.3 Å². The minimum Gasteiger partial charge on any atom is -0.314 e. The van der Waals surface area contributed by atoms with Gasteiger partial charge in [0.1, 0.15) is 0 Å². The van der Waals surface area contributed by atoms with Crippen molar-refractivity contribution in [3.63, 3.8) is 0 Å². The van der Waals surface area contributed by atoms with Crippen molar-refractivity contribution in [2.24, 2.45) is 11.3 Å². The molecule has 0 saturated heterocycles. The van der Waals surface area contributed by atoms with Crippen LogP contribution in [0.2, 0.25) is 0 Å². The smallest absolute Gasteiger partial charge is 0.00671 e. The van der Waals surface area contributed by atoms with E-state index in [1.165, 1.54) is 38.6 Å². The normalized spacial score (nSPS) is 28.7. The predicted molar refractivity (Wildman–Crippen MR) is 63.5 cm³/mol. The molecular weight excluding hydrogens is 170 g/mol. The van der Waals surface area contributed by atoms with E-state index in [1.807, 2.05) is 0 Å². The Balaban J connectivity index is 2.35. The summed E-state index contributed by atoms with van der Waals surface area (Å²) >= 11 is 0. The molecule has 84 valence electrons. The Kier molecular flexibility index (Phi) is 4.43. The van der Waals surface area contributed by atoms with Crippen molar-refractivity contribution in [1.29, 1.82) is 0 Å². The Morgan fingerprint density at radius 3 is 2.71 bits per heavy atom. The molecule has 1 fully saturated rings. The standard InChI is InChI=1S/C13H27N/c1-5-9-14-11(2)12-7-6-8-13(3,4)10-12/h11-12,14H,5-10H2,1-4H3. The molecule has 2 unspecified atom stereocenters. The molecule has 0 aromatic heterocycles. The fourth-order valence-corrected chi connectivity index (χ4v) is 2.72. The predicted octanol–water partition coefficient (Wildman–Crippen LogP) is 3.59. The van der Waals surface area contributed by atoms with Crippen molar-refractivity contribution in [3.05, 3.63) is 0 Å². The summed E-state index contributed by atoms with van der Waals surface area (Å²) in [6, 6.07) is 0.717. The highest BCUT2D eigenvalue weighted by Gasteiger charge is 2.30. The van der Waals surface area contributed by atoms with Gasteiger partial charge in [-0.25, -0.2) is 0 Å². The first kappa shape index (κ1) is 12.0. The van der Waals surface area contributed by atoms with E-state index in [0.29, 0.717) is 5.41 Å². The first-order valence-electron chi connectivity index (χ1n) is 6.28. The molecule has 0 aromatic carbocycles. The van der Waals surface area contributed by atoms with E-state index in [4.69, 9.17) is 0 Å². The lowest BCUT2D eigenvalue weighted by Crippen LogP contribution is -2.38. The first-order chi connectivity index (χ1) is 6.55. The molecule has 1 nitrogen and oxygen atoms in total. The highest BCUT2D eigenvalue weighted by Crippen LogP contribution is 2.39. The van der Waals surface area contributed by atoms with Crippen LogP contribution in [-0.2, 0) is 0 Å². The molecule has 1 aliphatic rings. The van der Waals surface area contributed by atoms with Gasteiger partial charge in [-0.15, -0.1) is 0 Å². The van der Waals surface area contributed by atoms with E-state index in [1.54, 1.807) is 0 Å². The fourth-order valence-electron chi connectivity index (χ4n) is 2.72. The molecule has 1 N–H and O–H groups in total. The Morgan fingerprint density at radius 2 is 2.14 bits per heavy atom. The van der Waals surface area contributed by atoms with E-state index in [0.717, 1.165) is 12.0 Å². The molecule has 14 heavy (non-hydrogen) atoms. The average Bonchev–Trinajstić information content (AvgIpc) is 2.12. The van der Waals surface area contributed by atoms with Gasteiger partial charge in [0.05, 0.1) is 0 Å². The molecule has 0 heterocycles. The third-order valence-corrected chi connectivity index (χ3v) is 3.67. The van der Waals surface area contributed by atoms with Gasteiger partial charge in [-0.05, 0) is 50.5 Å². The quantitative estimate of drug-likeness (QED) is 0.726. The third kappa shape index (κ3) is 3.61. The second-order valence-electron chi connectivity index (χ2n) is 5.76. The van der Waals surface area contributed by atoms with Crippen molar-refractivity contribution in [2.45, 2.75) is 65.8 Å². The van der Waals surface area contributed by atoms with Crippen LogP contribution in [-0.4, -0.2) is 12.6 Å². The zero-order valence-electron chi connectivity index (χ0n) is 10.4. The zero-order valence-corrected chi connectivity index (χ0v) is 10.4. The van der Waals surface area contributed by atoms with Crippen molar-refractivity contribution in [2.75, 3.05) is 6.54 Å². The van der Waals surface area contributed by atoms with Gasteiger partial charge < -0.3 is 5.32 Å². The number of rotatable bonds is 4. The molecule has 1 aliphatic carbocycles. The Labute approximate surface area is 89.7 Å². The Bertz CT molecular complexity index is 163. The van der Waals surface area contributed by atoms with E-state index < -0.39 is 0 Å². The summed E-state index contributed by atoms with van der Waals surface area (Å²) in [4.78, 5) is 0. The highest BCUT2D eigenvalue weighted by molar-refractivity contribution is 4.84. The number of nitrogens with one attached hydrogen (secondary N) is 1. The van der Waals surface area contributed by atoms with Crippen LogP contribution < -0.4 is 5.32 Å². The SMILES string of the molecule is CCCNC(C)C1CCCC(C)(C)C1. The molecule has 0 aromatic rings. The second kappa shape index (κ2) is 5.16. The van der Waals surface area contributed by atoms with Gasteiger partial charge in [-0.1, -0.05) is 27.2 Å². The molecule has 0 radical (unpaired) electrons. The summed E-state index contributed by atoms with van der Waals surface area (Å²) in [5.41, 5.74) is 0.588. The maximum absolute atomic E-state index is 3.64. The van der Waals surface area contributed by atoms with Gasteiger partial charge in [0.15, 0.2) is 0 Å². The van der Waals surface area contributed by atoms with E-state index in [2.05, 4.69) is 33.0 Å². The summed E-state index contributed by atoms with van der Waals surface area (Å²) < 4.78 is 0. The van der Waals surface area contributed by atoms with E-state index in [-0.39, 0.29) is 0 Å². The molecule has 1 rings (SSSR count). The zero-order chi connectivity index (χ0) is 10.6. The maximum Gasteiger partial charge on any atom is 0.00671 e. The van der Waals surface area contributed by atoms with Gasteiger partial charge in [-0.2, -0.15) is 0 Å². The lowest BCUT2D eigenvalue weighted by atomic mass is 9.70. The van der Waals surface area contributed by atoms with E-state index in [9.17, 15) is 0 Å². The van der Waals surface area contributed by atoms with Crippen LogP contribution in [0.25, 0.3) is 0 Å². The van der Waals surface area contributed by atoms with Crippen LogP contribution >= 0.6 is 0 Å². The molecule has 1 saturated carbocycles. The Hall–Kier alpha value is -0.0400. The molecule has 0 spiro atoms. The monoisotopic (exact) mass is 197 g/mol. The highest BCUT2D eigenvalue weighted by atomic mass is 14.9. The average molecular weight is 197 g/mol. The maximum atomic E-state index is 3.64. The van der Waals surface area contributed by atoms with Gasteiger partial charge in [-0.3, -0.25) is 0 Å². The third-order valence-electron chi connectivity index (χ3n) is 3.67. The van der Waals surface area contributed by atoms with Gasteiger partial charge >= 0.3 is 0 Å². The van der Waals surface area contributed by atoms with Crippen LogP contribution in [0.3, 0.4) is 0 Å². The minimum atomic E-state index is 0.588. The first-order valence-corrected chi connectivity index (χ1v) is 6.28. The number of hydrogen-bond donors (Lipinski definition) is 1. The molecular formula is C13H27N. The molecule has 2 atom stereocenters. The molecule has 0 amide bonds. The molecule has 0 aliphatic heterocycles.